The first-order valence-corrected chi connectivity index (χ1v) is 3.71. The standard InChI is InChI=1S/C8H12FNO3/c1-5(3-6(2)11)10-7(4-9)8(12)13/h3,7,10H,4H2,1-2H3,(H,12,13). The van der Waals surface area contributed by atoms with Gasteiger partial charge in [0.1, 0.15) is 6.67 Å². The van der Waals surface area contributed by atoms with Crippen molar-refractivity contribution < 1.29 is 19.1 Å². The Kier molecular flexibility index (Phi) is 4.72. The summed E-state index contributed by atoms with van der Waals surface area (Å²) in [5.41, 5.74) is 0.345. The molecule has 5 heteroatoms. The lowest BCUT2D eigenvalue weighted by Crippen LogP contribution is -2.37. The van der Waals surface area contributed by atoms with Crippen LogP contribution in [0.5, 0.6) is 0 Å². The maximum atomic E-state index is 12.1. The lowest BCUT2D eigenvalue weighted by molar-refractivity contribution is -0.139. The van der Waals surface area contributed by atoms with Crippen molar-refractivity contribution in [2.45, 2.75) is 19.9 Å². The zero-order chi connectivity index (χ0) is 10.4. The zero-order valence-corrected chi connectivity index (χ0v) is 7.50. The molecular formula is C8H12FNO3. The van der Waals surface area contributed by atoms with Gasteiger partial charge in [-0.25, -0.2) is 9.18 Å². The third-order valence-corrected chi connectivity index (χ3v) is 1.27. The van der Waals surface area contributed by atoms with Gasteiger partial charge in [-0.2, -0.15) is 0 Å². The van der Waals surface area contributed by atoms with Gasteiger partial charge in [-0.3, -0.25) is 4.79 Å². The number of ketones is 1. The molecule has 0 radical (unpaired) electrons. The van der Waals surface area contributed by atoms with Gasteiger partial charge in [0.05, 0.1) is 0 Å². The van der Waals surface area contributed by atoms with Crippen LogP contribution in [0.4, 0.5) is 4.39 Å². The number of carbonyl (C=O) groups excluding carboxylic acids is 1. The summed E-state index contributed by atoms with van der Waals surface area (Å²) in [5.74, 6) is -1.49. The van der Waals surface area contributed by atoms with Crippen LogP contribution in [0.2, 0.25) is 0 Å². The van der Waals surface area contributed by atoms with Crippen LogP contribution in [-0.2, 0) is 9.59 Å². The molecule has 0 rings (SSSR count). The molecule has 0 amide bonds. The van der Waals surface area contributed by atoms with E-state index in [9.17, 15) is 14.0 Å². The van der Waals surface area contributed by atoms with E-state index in [2.05, 4.69) is 5.32 Å². The summed E-state index contributed by atoms with van der Waals surface area (Å²) >= 11 is 0. The highest BCUT2D eigenvalue weighted by Crippen LogP contribution is 1.93. The Balaban J connectivity index is 4.24. The van der Waals surface area contributed by atoms with E-state index in [1.165, 1.54) is 19.9 Å². The average Bonchev–Trinajstić information content (AvgIpc) is 1.98. The Morgan fingerprint density at radius 2 is 2.08 bits per heavy atom. The number of carboxylic acid groups (broad SMARTS) is 1. The van der Waals surface area contributed by atoms with E-state index in [4.69, 9.17) is 5.11 Å². The minimum atomic E-state index is -1.28. The highest BCUT2D eigenvalue weighted by Gasteiger charge is 2.16. The predicted octanol–water partition coefficient (Wildman–Crippen LogP) is 0.491. The normalized spacial score (nSPS) is 13.6. The Morgan fingerprint density at radius 1 is 1.54 bits per heavy atom. The number of alkyl halides is 1. The first kappa shape index (κ1) is 11.6. The molecule has 4 nitrogen and oxygen atoms in total. The first-order valence-electron chi connectivity index (χ1n) is 3.71. The van der Waals surface area contributed by atoms with E-state index in [1.807, 2.05) is 0 Å². The van der Waals surface area contributed by atoms with E-state index < -0.39 is 18.7 Å². The number of carboxylic acids is 1. The molecular weight excluding hydrogens is 177 g/mol. The summed E-state index contributed by atoms with van der Waals surface area (Å²) in [7, 11) is 0. The van der Waals surface area contributed by atoms with Crippen molar-refractivity contribution in [3.63, 3.8) is 0 Å². The zero-order valence-electron chi connectivity index (χ0n) is 7.50. The van der Waals surface area contributed by atoms with Crippen LogP contribution >= 0.6 is 0 Å². The number of hydrogen-bond acceptors (Lipinski definition) is 3. The molecule has 0 bridgehead atoms. The summed E-state index contributed by atoms with van der Waals surface area (Å²) in [6.45, 7) is 1.82. The molecule has 0 aromatic heterocycles. The van der Waals surface area contributed by atoms with Gasteiger partial charge in [-0.1, -0.05) is 0 Å². The number of carbonyl (C=O) groups is 2. The fraction of sp³-hybridized carbons (Fsp3) is 0.500. The van der Waals surface area contributed by atoms with Gasteiger partial charge in [-0.05, 0) is 19.9 Å². The van der Waals surface area contributed by atoms with Gasteiger partial charge in [0.15, 0.2) is 11.8 Å². The Morgan fingerprint density at radius 3 is 2.38 bits per heavy atom. The van der Waals surface area contributed by atoms with Gasteiger partial charge < -0.3 is 10.4 Å². The lowest BCUT2D eigenvalue weighted by atomic mass is 10.3. The van der Waals surface area contributed by atoms with E-state index in [1.54, 1.807) is 0 Å². The molecule has 13 heavy (non-hydrogen) atoms. The number of aliphatic carboxylic acids is 1. The van der Waals surface area contributed by atoms with Crippen molar-refractivity contribution in [2.24, 2.45) is 0 Å². The maximum Gasteiger partial charge on any atom is 0.328 e. The predicted molar refractivity (Wildman–Crippen MR) is 45.0 cm³/mol. The minimum absolute atomic E-state index is 0.215. The SMILES string of the molecule is CC(=O)C=C(C)NC(CF)C(=O)O. The fourth-order valence-electron chi connectivity index (χ4n) is 0.788. The highest BCUT2D eigenvalue weighted by atomic mass is 19.1. The van der Waals surface area contributed by atoms with Gasteiger partial charge in [-0.15, -0.1) is 0 Å². The summed E-state index contributed by atoms with van der Waals surface area (Å²) in [4.78, 5) is 20.9. The van der Waals surface area contributed by atoms with Crippen molar-refractivity contribution in [1.82, 2.24) is 5.32 Å². The van der Waals surface area contributed by atoms with Crippen molar-refractivity contribution in [3.8, 4) is 0 Å². The molecule has 0 saturated carbocycles. The summed E-state index contributed by atoms with van der Waals surface area (Å²) in [5, 5.41) is 10.8. The molecule has 0 aliphatic carbocycles. The van der Waals surface area contributed by atoms with E-state index in [0.717, 1.165) is 0 Å². The summed E-state index contributed by atoms with van der Waals surface area (Å²) < 4.78 is 12.1. The molecule has 1 atom stereocenters. The highest BCUT2D eigenvalue weighted by molar-refractivity contribution is 5.87. The van der Waals surface area contributed by atoms with Crippen LogP contribution in [0, 0.1) is 0 Å². The second-order valence-electron chi connectivity index (χ2n) is 2.63. The third-order valence-electron chi connectivity index (χ3n) is 1.27. The second-order valence-corrected chi connectivity index (χ2v) is 2.63. The van der Waals surface area contributed by atoms with Crippen LogP contribution in [-0.4, -0.2) is 29.6 Å². The summed E-state index contributed by atoms with van der Waals surface area (Å²) in [6, 6.07) is -1.28. The largest absolute Gasteiger partial charge is 0.480 e. The molecule has 0 aromatic carbocycles. The van der Waals surface area contributed by atoms with Gasteiger partial charge >= 0.3 is 5.97 Å². The minimum Gasteiger partial charge on any atom is -0.480 e. The van der Waals surface area contributed by atoms with Crippen molar-refractivity contribution >= 4 is 11.8 Å². The summed E-state index contributed by atoms with van der Waals surface area (Å²) in [6.07, 6.45) is 1.21. The van der Waals surface area contributed by atoms with Crippen LogP contribution in [0.25, 0.3) is 0 Å². The number of rotatable bonds is 5. The monoisotopic (exact) mass is 189 g/mol. The van der Waals surface area contributed by atoms with Crippen LogP contribution in [0.1, 0.15) is 13.8 Å². The van der Waals surface area contributed by atoms with E-state index >= 15 is 0 Å². The fourth-order valence-corrected chi connectivity index (χ4v) is 0.788. The second kappa shape index (κ2) is 5.29. The van der Waals surface area contributed by atoms with E-state index in [0.29, 0.717) is 5.70 Å². The Hall–Kier alpha value is -1.39. The molecule has 0 aliphatic rings. The Bertz CT molecular complexity index is 238. The van der Waals surface area contributed by atoms with Crippen LogP contribution < -0.4 is 5.32 Å². The topological polar surface area (TPSA) is 66.4 Å². The number of halogens is 1. The molecule has 0 spiro atoms. The molecule has 0 heterocycles. The van der Waals surface area contributed by atoms with Crippen molar-refractivity contribution in [2.75, 3.05) is 6.67 Å². The quantitative estimate of drug-likeness (QED) is 0.618. The molecule has 2 N–H and O–H groups in total. The van der Waals surface area contributed by atoms with Crippen molar-refractivity contribution in [3.05, 3.63) is 11.8 Å². The van der Waals surface area contributed by atoms with E-state index in [-0.39, 0.29) is 5.78 Å². The molecule has 0 fully saturated rings. The average molecular weight is 189 g/mol. The molecule has 0 saturated heterocycles. The molecule has 0 aliphatic heterocycles. The van der Waals surface area contributed by atoms with Gasteiger partial charge in [0.25, 0.3) is 0 Å². The number of hydrogen-bond donors (Lipinski definition) is 2. The maximum absolute atomic E-state index is 12.1. The lowest BCUT2D eigenvalue weighted by Gasteiger charge is -2.11. The van der Waals surface area contributed by atoms with Gasteiger partial charge in [0, 0.05) is 5.70 Å². The number of nitrogens with one attached hydrogen (secondary N) is 1. The first-order chi connectivity index (χ1) is 5.97. The third kappa shape index (κ3) is 4.95. The van der Waals surface area contributed by atoms with Crippen LogP contribution in [0.15, 0.2) is 11.8 Å². The smallest absolute Gasteiger partial charge is 0.328 e. The van der Waals surface area contributed by atoms with Gasteiger partial charge in [0.2, 0.25) is 0 Å². The Labute approximate surface area is 75.4 Å². The molecule has 0 aromatic rings. The van der Waals surface area contributed by atoms with Crippen LogP contribution in [0.3, 0.4) is 0 Å². The number of allylic oxidation sites excluding steroid dienone is 2. The van der Waals surface area contributed by atoms with Crippen molar-refractivity contribution in [1.29, 1.82) is 0 Å². The molecule has 74 valence electrons. The molecule has 1 unspecified atom stereocenters.